The van der Waals surface area contributed by atoms with E-state index in [-0.39, 0.29) is 0 Å². The summed E-state index contributed by atoms with van der Waals surface area (Å²) in [7, 11) is 0. The van der Waals surface area contributed by atoms with Crippen LogP contribution in [0.4, 0.5) is 13.2 Å². The number of aromatic nitrogens is 2. The van der Waals surface area contributed by atoms with E-state index in [0.717, 1.165) is 24.3 Å². The van der Waals surface area contributed by atoms with Crippen molar-refractivity contribution in [1.82, 2.24) is 9.97 Å². The lowest BCUT2D eigenvalue weighted by molar-refractivity contribution is -0.137. The number of rotatable bonds is 2. The number of hydrogen-bond donors (Lipinski definition) is 1. The predicted molar refractivity (Wildman–Crippen MR) is 68.2 cm³/mol. The second kappa shape index (κ2) is 4.40. The molecule has 0 fully saturated rings. The monoisotopic (exact) mass is 280 g/mol. The molecule has 2 heterocycles. The van der Waals surface area contributed by atoms with Gasteiger partial charge in [0.1, 0.15) is 5.76 Å². The van der Waals surface area contributed by atoms with Crippen LogP contribution in [0.5, 0.6) is 0 Å². The van der Waals surface area contributed by atoms with E-state index < -0.39 is 11.7 Å². The highest BCUT2D eigenvalue weighted by Gasteiger charge is 2.30. The number of alkyl halides is 3. The molecule has 3 aromatic rings. The fraction of sp³-hybridized carbons (Fsp3) is 0.214. The van der Waals surface area contributed by atoms with Gasteiger partial charge in [-0.15, -0.1) is 0 Å². The Hall–Kier alpha value is -2.24. The summed E-state index contributed by atoms with van der Waals surface area (Å²) in [6.45, 7) is 1.96. The maximum Gasteiger partial charge on any atom is 0.416 e. The molecule has 0 saturated heterocycles. The molecule has 0 aliphatic rings. The number of benzene rings is 1. The van der Waals surface area contributed by atoms with E-state index in [9.17, 15) is 13.2 Å². The summed E-state index contributed by atoms with van der Waals surface area (Å²) in [5, 5.41) is 0. The second-order valence-corrected chi connectivity index (χ2v) is 4.43. The zero-order valence-electron chi connectivity index (χ0n) is 10.6. The molecule has 0 atom stereocenters. The number of imidazole rings is 1. The van der Waals surface area contributed by atoms with Gasteiger partial charge in [-0.3, -0.25) is 0 Å². The van der Waals surface area contributed by atoms with E-state index >= 15 is 0 Å². The van der Waals surface area contributed by atoms with Crippen molar-refractivity contribution < 1.29 is 17.6 Å². The van der Waals surface area contributed by atoms with Crippen molar-refractivity contribution in [3.63, 3.8) is 0 Å². The molecule has 104 valence electrons. The molecule has 0 spiro atoms. The lowest BCUT2D eigenvalue weighted by atomic mass is 10.2. The van der Waals surface area contributed by atoms with Crippen molar-refractivity contribution in [1.29, 1.82) is 0 Å². The van der Waals surface area contributed by atoms with Crippen LogP contribution in [0.25, 0.3) is 22.6 Å². The number of aryl methyl sites for hydroxylation is 1. The van der Waals surface area contributed by atoms with E-state index in [0.29, 0.717) is 22.6 Å². The van der Waals surface area contributed by atoms with Crippen molar-refractivity contribution in [2.45, 2.75) is 19.5 Å². The average Bonchev–Trinajstić information content (AvgIpc) is 3.02. The SMILES string of the molecule is CCc1ccc(-c2nc3ccc(C(F)(F)F)cc3[nH]2)o1. The first-order valence-electron chi connectivity index (χ1n) is 6.13. The van der Waals surface area contributed by atoms with Gasteiger partial charge < -0.3 is 9.40 Å². The summed E-state index contributed by atoms with van der Waals surface area (Å²) in [5.41, 5.74) is 0.112. The van der Waals surface area contributed by atoms with Gasteiger partial charge >= 0.3 is 6.18 Å². The maximum atomic E-state index is 12.6. The second-order valence-electron chi connectivity index (χ2n) is 4.43. The molecule has 0 aliphatic carbocycles. The summed E-state index contributed by atoms with van der Waals surface area (Å²) in [4.78, 5) is 7.09. The van der Waals surface area contributed by atoms with E-state index in [1.54, 1.807) is 6.07 Å². The van der Waals surface area contributed by atoms with Crippen LogP contribution in [0.2, 0.25) is 0 Å². The zero-order valence-corrected chi connectivity index (χ0v) is 10.6. The van der Waals surface area contributed by atoms with Crippen LogP contribution in [-0.4, -0.2) is 9.97 Å². The number of halogens is 3. The Labute approximate surface area is 112 Å². The molecule has 0 bridgehead atoms. The van der Waals surface area contributed by atoms with Gasteiger partial charge in [-0.25, -0.2) is 4.98 Å². The minimum Gasteiger partial charge on any atom is -0.458 e. The summed E-state index contributed by atoms with van der Waals surface area (Å²) in [5.74, 6) is 1.75. The van der Waals surface area contributed by atoms with E-state index in [2.05, 4.69) is 9.97 Å². The third-order valence-electron chi connectivity index (χ3n) is 3.05. The number of fused-ring (bicyclic) bond motifs is 1. The van der Waals surface area contributed by atoms with Crippen LogP contribution in [0.3, 0.4) is 0 Å². The summed E-state index contributed by atoms with van der Waals surface area (Å²) in [6, 6.07) is 6.99. The molecule has 20 heavy (non-hydrogen) atoms. The third-order valence-corrected chi connectivity index (χ3v) is 3.05. The van der Waals surface area contributed by atoms with Crippen LogP contribution in [-0.2, 0) is 12.6 Å². The van der Waals surface area contributed by atoms with E-state index in [1.165, 1.54) is 6.07 Å². The van der Waals surface area contributed by atoms with Gasteiger partial charge in [-0.1, -0.05) is 6.92 Å². The Bertz CT molecular complexity index is 755. The molecule has 1 N–H and O–H groups in total. The van der Waals surface area contributed by atoms with Gasteiger partial charge in [-0.2, -0.15) is 13.2 Å². The molecule has 3 rings (SSSR count). The van der Waals surface area contributed by atoms with Crippen molar-refractivity contribution in [3.05, 3.63) is 41.7 Å². The molecule has 0 aliphatic heterocycles. The first-order valence-corrected chi connectivity index (χ1v) is 6.13. The van der Waals surface area contributed by atoms with Crippen LogP contribution in [0, 0.1) is 0 Å². The lowest BCUT2D eigenvalue weighted by Gasteiger charge is -2.05. The van der Waals surface area contributed by atoms with Crippen molar-refractivity contribution in [2.24, 2.45) is 0 Å². The Balaban J connectivity index is 2.06. The van der Waals surface area contributed by atoms with Crippen molar-refractivity contribution >= 4 is 11.0 Å². The Morgan fingerprint density at radius 3 is 2.65 bits per heavy atom. The van der Waals surface area contributed by atoms with Gasteiger partial charge in [0.15, 0.2) is 11.6 Å². The minimum atomic E-state index is -4.36. The highest BCUT2D eigenvalue weighted by atomic mass is 19.4. The molecule has 1 aromatic carbocycles. The number of aromatic amines is 1. The Kier molecular flexibility index (Phi) is 2.81. The van der Waals surface area contributed by atoms with Crippen molar-refractivity contribution in [2.75, 3.05) is 0 Å². The smallest absolute Gasteiger partial charge is 0.416 e. The molecule has 2 aromatic heterocycles. The number of hydrogen-bond acceptors (Lipinski definition) is 2. The van der Waals surface area contributed by atoms with Crippen LogP contribution >= 0.6 is 0 Å². The fourth-order valence-corrected chi connectivity index (χ4v) is 2.00. The Morgan fingerprint density at radius 2 is 2.00 bits per heavy atom. The zero-order chi connectivity index (χ0) is 14.3. The van der Waals surface area contributed by atoms with Gasteiger partial charge in [0.05, 0.1) is 16.6 Å². The summed E-state index contributed by atoms with van der Waals surface area (Å²) >= 11 is 0. The molecule has 0 radical (unpaired) electrons. The number of H-pyrrole nitrogens is 1. The number of nitrogens with one attached hydrogen (secondary N) is 1. The standard InChI is InChI=1S/C14H11F3N2O/c1-2-9-4-6-12(20-9)13-18-10-5-3-8(14(15,16)17)7-11(10)19-13/h3-7H,2H2,1H3,(H,18,19). The van der Waals surface area contributed by atoms with Gasteiger partial charge in [0.25, 0.3) is 0 Å². The van der Waals surface area contributed by atoms with E-state index in [1.807, 2.05) is 13.0 Å². The molecule has 0 unspecified atom stereocenters. The largest absolute Gasteiger partial charge is 0.458 e. The quantitative estimate of drug-likeness (QED) is 0.755. The molecule has 6 heteroatoms. The van der Waals surface area contributed by atoms with Crippen molar-refractivity contribution in [3.8, 4) is 11.6 Å². The molecular weight excluding hydrogens is 269 g/mol. The molecule has 0 amide bonds. The topological polar surface area (TPSA) is 41.8 Å². The summed E-state index contributed by atoms with van der Waals surface area (Å²) < 4.78 is 43.5. The molecular formula is C14H11F3N2O. The molecule has 0 saturated carbocycles. The molecule has 3 nitrogen and oxygen atoms in total. The first kappa shape index (κ1) is 12.8. The van der Waals surface area contributed by atoms with Gasteiger partial charge in [0.2, 0.25) is 0 Å². The number of furan rings is 1. The third kappa shape index (κ3) is 2.17. The van der Waals surface area contributed by atoms with Crippen LogP contribution in [0.1, 0.15) is 18.2 Å². The maximum absolute atomic E-state index is 12.6. The highest BCUT2D eigenvalue weighted by molar-refractivity contribution is 5.79. The van der Waals surface area contributed by atoms with Gasteiger partial charge in [0, 0.05) is 6.42 Å². The van der Waals surface area contributed by atoms with E-state index in [4.69, 9.17) is 4.42 Å². The van der Waals surface area contributed by atoms with Gasteiger partial charge in [-0.05, 0) is 30.3 Å². The lowest BCUT2D eigenvalue weighted by Crippen LogP contribution is -2.04. The minimum absolute atomic E-state index is 0.337. The van der Waals surface area contributed by atoms with Crippen LogP contribution < -0.4 is 0 Å². The normalized spacial score (nSPS) is 12.2. The fourth-order valence-electron chi connectivity index (χ4n) is 2.00. The first-order chi connectivity index (χ1) is 9.47. The Morgan fingerprint density at radius 1 is 1.20 bits per heavy atom. The predicted octanol–water partition coefficient (Wildman–Crippen LogP) is 4.40. The number of nitrogens with zero attached hydrogens (tertiary/aromatic N) is 1. The highest BCUT2D eigenvalue weighted by Crippen LogP contribution is 2.31. The van der Waals surface area contributed by atoms with Crippen LogP contribution in [0.15, 0.2) is 34.7 Å². The summed E-state index contributed by atoms with van der Waals surface area (Å²) in [6.07, 6.45) is -3.61. The average molecular weight is 280 g/mol.